The molecule has 98 valence electrons. The summed E-state index contributed by atoms with van der Waals surface area (Å²) in [7, 11) is 0. The standard InChI is InChI=1S/C15H20ClNO/c16-13-4-5-14(18-10-11-2-1-3-11)12(8-13)9-15(17)6-7-15/h4-5,8,11H,1-3,6-7,9-10,17H2. The minimum atomic E-state index is -0.000732. The van der Waals surface area contributed by atoms with Gasteiger partial charge in [-0.1, -0.05) is 18.0 Å². The lowest BCUT2D eigenvalue weighted by atomic mass is 9.86. The number of hydrogen-bond acceptors (Lipinski definition) is 2. The van der Waals surface area contributed by atoms with E-state index >= 15 is 0 Å². The Morgan fingerprint density at radius 3 is 2.72 bits per heavy atom. The van der Waals surface area contributed by atoms with E-state index in [1.807, 2.05) is 18.2 Å². The topological polar surface area (TPSA) is 35.2 Å². The predicted molar refractivity (Wildman–Crippen MR) is 74.1 cm³/mol. The molecule has 2 aliphatic rings. The van der Waals surface area contributed by atoms with Crippen LogP contribution in [0.5, 0.6) is 5.75 Å². The van der Waals surface area contributed by atoms with E-state index in [4.69, 9.17) is 22.1 Å². The van der Waals surface area contributed by atoms with E-state index in [0.29, 0.717) is 0 Å². The Morgan fingerprint density at radius 1 is 1.33 bits per heavy atom. The number of rotatable bonds is 5. The van der Waals surface area contributed by atoms with Crippen LogP contribution < -0.4 is 10.5 Å². The van der Waals surface area contributed by atoms with Gasteiger partial charge in [-0.15, -0.1) is 0 Å². The zero-order valence-corrected chi connectivity index (χ0v) is 11.4. The van der Waals surface area contributed by atoms with E-state index in [0.717, 1.165) is 42.6 Å². The molecule has 3 heteroatoms. The Kier molecular flexibility index (Phi) is 3.25. The molecule has 0 amide bonds. The molecule has 2 nitrogen and oxygen atoms in total. The van der Waals surface area contributed by atoms with Crippen molar-refractivity contribution in [1.82, 2.24) is 0 Å². The van der Waals surface area contributed by atoms with Crippen LogP contribution in [0, 0.1) is 5.92 Å². The summed E-state index contributed by atoms with van der Waals surface area (Å²) in [6, 6.07) is 5.89. The fourth-order valence-corrected chi connectivity index (χ4v) is 2.61. The van der Waals surface area contributed by atoms with Gasteiger partial charge in [-0.2, -0.15) is 0 Å². The highest BCUT2D eigenvalue weighted by atomic mass is 35.5. The summed E-state index contributed by atoms with van der Waals surface area (Å²) in [6.07, 6.45) is 7.08. The van der Waals surface area contributed by atoms with Crippen molar-refractivity contribution in [3.63, 3.8) is 0 Å². The third-order valence-corrected chi connectivity index (χ3v) is 4.39. The lowest BCUT2D eigenvalue weighted by molar-refractivity contribution is 0.179. The molecule has 0 saturated heterocycles. The summed E-state index contributed by atoms with van der Waals surface area (Å²) < 4.78 is 5.96. The minimum Gasteiger partial charge on any atom is -0.493 e. The van der Waals surface area contributed by atoms with Gasteiger partial charge in [0.05, 0.1) is 6.61 Å². The van der Waals surface area contributed by atoms with Gasteiger partial charge in [0.15, 0.2) is 0 Å². The van der Waals surface area contributed by atoms with Crippen LogP contribution in [0.25, 0.3) is 0 Å². The summed E-state index contributed by atoms with van der Waals surface area (Å²) in [5.41, 5.74) is 7.36. The molecule has 0 unspecified atom stereocenters. The maximum absolute atomic E-state index is 6.19. The smallest absolute Gasteiger partial charge is 0.122 e. The van der Waals surface area contributed by atoms with Crippen molar-refractivity contribution in [3.8, 4) is 5.75 Å². The molecule has 2 N–H and O–H groups in total. The van der Waals surface area contributed by atoms with Crippen molar-refractivity contribution in [2.24, 2.45) is 11.7 Å². The van der Waals surface area contributed by atoms with Crippen LogP contribution in [-0.2, 0) is 6.42 Å². The first kappa shape index (κ1) is 12.3. The Bertz CT molecular complexity index is 438. The monoisotopic (exact) mass is 265 g/mol. The van der Waals surface area contributed by atoms with E-state index in [-0.39, 0.29) is 5.54 Å². The SMILES string of the molecule is NC1(Cc2cc(Cl)ccc2OCC2CCC2)CC1. The Labute approximate surface area is 113 Å². The molecule has 2 fully saturated rings. The van der Waals surface area contributed by atoms with Crippen LogP contribution in [0.3, 0.4) is 0 Å². The number of hydrogen-bond donors (Lipinski definition) is 1. The van der Waals surface area contributed by atoms with Crippen LogP contribution in [0.4, 0.5) is 0 Å². The van der Waals surface area contributed by atoms with Crippen LogP contribution in [0.1, 0.15) is 37.7 Å². The second-order valence-corrected chi connectivity index (χ2v) is 6.34. The Morgan fingerprint density at radius 2 is 2.11 bits per heavy atom. The fraction of sp³-hybridized carbons (Fsp3) is 0.600. The quantitative estimate of drug-likeness (QED) is 0.884. The van der Waals surface area contributed by atoms with Gasteiger partial charge in [0.25, 0.3) is 0 Å². The zero-order valence-electron chi connectivity index (χ0n) is 10.6. The molecule has 0 aromatic heterocycles. The average Bonchev–Trinajstić information content (AvgIpc) is 2.97. The number of nitrogens with two attached hydrogens (primary N) is 1. The van der Waals surface area contributed by atoms with Crippen molar-refractivity contribution < 1.29 is 4.74 Å². The van der Waals surface area contributed by atoms with Crippen molar-refractivity contribution in [2.45, 2.75) is 44.1 Å². The van der Waals surface area contributed by atoms with Crippen LogP contribution in [0.2, 0.25) is 5.02 Å². The second kappa shape index (κ2) is 4.75. The summed E-state index contributed by atoms with van der Waals surface area (Å²) >= 11 is 6.07. The molecular weight excluding hydrogens is 246 g/mol. The van der Waals surface area contributed by atoms with Gasteiger partial charge in [0.2, 0.25) is 0 Å². The highest BCUT2D eigenvalue weighted by Gasteiger charge is 2.38. The van der Waals surface area contributed by atoms with Gasteiger partial charge in [0.1, 0.15) is 5.75 Å². The largest absolute Gasteiger partial charge is 0.493 e. The van der Waals surface area contributed by atoms with Crippen LogP contribution >= 0.6 is 11.6 Å². The van der Waals surface area contributed by atoms with E-state index in [2.05, 4.69) is 0 Å². The molecule has 0 radical (unpaired) electrons. The maximum Gasteiger partial charge on any atom is 0.122 e. The van der Waals surface area contributed by atoms with Crippen LogP contribution in [0.15, 0.2) is 18.2 Å². The second-order valence-electron chi connectivity index (χ2n) is 5.90. The predicted octanol–water partition coefficient (Wildman–Crippen LogP) is 3.55. The summed E-state index contributed by atoms with van der Waals surface area (Å²) in [6.45, 7) is 0.839. The third-order valence-electron chi connectivity index (χ3n) is 4.16. The molecule has 0 atom stereocenters. The number of benzene rings is 1. The van der Waals surface area contributed by atoms with Gasteiger partial charge in [-0.25, -0.2) is 0 Å². The van der Waals surface area contributed by atoms with Gasteiger partial charge in [-0.05, 0) is 61.8 Å². The first-order chi connectivity index (χ1) is 8.65. The first-order valence-corrected chi connectivity index (χ1v) is 7.23. The molecule has 3 rings (SSSR count). The van der Waals surface area contributed by atoms with Crippen molar-refractivity contribution in [1.29, 1.82) is 0 Å². The average molecular weight is 266 g/mol. The third kappa shape index (κ3) is 2.81. The first-order valence-electron chi connectivity index (χ1n) is 6.85. The Balaban J connectivity index is 1.69. The van der Waals surface area contributed by atoms with Crippen molar-refractivity contribution in [2.75, 3.05) is 6.61 Å². The lowest BCUT2D eigenvalue weighted by Crippen LogP contribution is -2.25. The molecule has 0 heterocycles. The lowest BCUT2D eigenvalue weighted by Gasteiger charge is -2.26. The fourth-order valence-electron chi connectivity index (χ4n) is 2.41. The van der Waals surface area contributed by atoms with Crippen molar-refractivity contribution in [3.05, 3.63) is 28.8 Å². The minimum absolute atomic E-state index is 0.000732. The Hall–Kier alpha value is -0.730. The van der Waals surface area contributed by atoms with Gasteiger partial charge < -0.3 is 10.5 Å². The molecule has 2 saturated carbocycles. The molecule has 0 aliphatic heterocycles. The highest BCUT2D eigenvalue weighted by molar-refractivity contribution is 6.30. The zero-order chi connectivity index (χ0) is 12.6. The molecule has 0 bridgehead atoms. The van der Waals surface area contributed by atoms with E-state index in [1.54, 1.807) is 0 Å². The molecule has 18 heavy (non-hydrogen) atoms. The van der Waals surface area contributed by atoms with E-state index in [9.17, 15) is 0 Å². The van der Waals surface area contributed by atoms with Crippen molar-refractivity contribution >= 4 is 11.6 Å². The van der Waals surface area contributed by atoms with Gasteiger partial charge in [-0.3, -0.25) is 0 Å². The summed E-state index contributed by atoms with van der Waals surface area (Å²) in [5.74, 6) is 1.73. The number of halogens is 1. The van der Waals surface area contributed by atoms with Crippen LogP contribution in [-0.4, -0.2) is 12.1 Å². The molecular formula is C15H20ClNO. The molecule has 1 aromatic rings. The normalized spacial score (nSPS) is 21.4. The van der Waals surface area contributed by atoms with Gasteiger partial charge in [0, 0.05) is 10.6 Å². The summed E-state index contributed by atoms with van der Waals surface area (Å²) in [4.78, 5) is 0. The van der Waals surface area contributed by atoms with E-state index < -0.39 is 0 Å². The summed E-state index contributed by atoms with van der Waals surface area (Å²) in [5, 5.41) is 0.769. The van der Waals surface area contributed by atoms with Gasteiger partial charge >= 0.3 is 0 Å². The maximum atomic E-state index is 6.19. The molecule has 1 aromatic carbocycles. The number of ether oxygens (including phenoxy) is 1. The highest BCUT2D eigenvalue weighted by Crippen LogP contribution is 2.38. The molecule has 2 aliphatic carbocycles. The van der Waals surface area contributed by atoms with E-state index in [1.165, 1.54) is 24.8 Å². The molecule has 0 spiro atoms.